The van der Waals surface area contributed by atoms with E-state index in [1.165, 1.54) is 68.1 Å². The quantitative estimate of drug-likeness (QED) is 0.338. The van der Waals surface area contributed by atoms with Gasteiger partial charge >= 0.3 is 0 Å². The second kappa shape index (κ2) is 12.1. The molecule has 0 aliphatic carbocycles. The van der Waals surface area contributed by atoms with Crippen molar-refractivity contribution in [1.29, 1.82) is 0 Å². The van der Waals surface area contributed by atoms with E-state index in [1.54, 1.807) is 0 Å². The van der Waals surface area contributed by atoms with Crippen LogP contribution in [0.2, 0.25) is 0 Å². The summed E-state index contributed by atoms with van der Waals surface area (Å²) in [6.07, 6.45) is 14.0. The van der Waals surface area contributed by atoms with E-state index in [1.807, 2.05) is 6.07 Å². The van der Waals surface area contributed by atoms with E-state index in [9.17, 15) is 5.11 Å². The monoisotopic (exact) mass is 394 g/mol. The van der Waals surface area contributed by atoms with Gasteiger partial charge in [0.25, 0.3) is 0 Å². The van der Waals surface area contributed by atoms with E-state index >= 15 is 0 Å². The average Bonchev–Trinajstić information content (AvgIpc) is 2.72. The van der Waals surface area contributed by atoms with Crippen molar-refractivity contribution in [1.82, 2.24) is 0 Å². The van der Waals surface area contributed by atoms with Crippen LogP contribution in [0.25, 0.3) is 0 Å². The molecule has 0 aromatic heterocycles. The van der Waals surface area contributed by atoms with Crippen LogP contribution in [0.15, 0.2) is 42.5 Å². The van der Waals surface area contributed by atoms with Crippen molar-refractivity contribution < 1.29 is 5.11 Å². The molecular weight excluding hydrogens is 352 g/mol. The Morgan fingerprint density at radius 1 is 0.690 bits per heavy atom. The summed E-state index contributed by atoms with van der Waals surface area (Å²) in [5.74, 6) is 0.452. The maximum absolute atomic E-state index is 10.9. The number of phenols is 1. The van der Waals surface area contributed by atoms with Gasteiger partial charge in [-0.1, -0.05) is 115 Å². The van der Waals surface area contributed by atoms with Gasteiger partial charge in [-0.3, -0.25) is 0 Å². The molecule has 1 nitrogen and oxygen atoms in total. The smallest absolute Gasteiger partial charge is 0.119 e. The topological polar surface area (TPSA) is 20.2 Å². The summed E-state index contributed by atoms with van der Waals surface area (Å²) in [6, 6.07) is 14.7. The molecule has 0 unspecified atom stereocenters. The van der Waals surface area contributed by atoms with Crippen LogP contribution in [-0.2, 0) is 18.3 Å². The van der Waals surface area contributed by atoms with E-state index in [0.717, 1.165) is 24.8 Å². The number of rotatable bonds is 13. The normalized spacial score (nSPS) is 11.7. The maximum atomic E-state index is 10.9. The zero-order chi connectivity index (χ0) is 21.1. The Hall–Kier alpha value is -1.76. The molecule has 2 rings (SSSR count). The van der Waals surface area contributed by atoms with Gasteiger partial charge < -0.3 is 5.11 Å². The molecule has 0 aliphatic heterocycles. The zero-order valence-corrected chi connectivity index (χ0v) is 19.3. The Morgan fingerprint density at radius 2 is 1.31 bits per heavy atom. The average molecular weight is 395 g/mol. The van der Waals surface area contributed by atoms with Crippen LogP contribution in [0.3, 0.4) is 0 Å². The van der Waals surface area contributed by atoms with Gasteiger partial charge in [-0.25, -0.2) is 0 Å². The first kappa shape index (κ1) is 23.5. The Morgan fingerprint density at radius 3 is 1.93 bits per heavy atom. The van der Waals surface area contributed by atoms with E-state index in [2.05, 4.69) is 64.1 Å². The lowest BCUT2D eigenvalue weighted by Crippen LogP contribution is -2.22. The minimum atomic E-state index is -0.204. The van der Waals surface area contributed by atoms with E-state index in [-0.39, 0.29) is 5.41 Å². The van der Waals surface area contributed by atoms with E-state index in [0.29, 0.717) is 5.75 Å². The highest BCUT2D eigenvalue weighted by molar-refractivity contribution is 5.53. The number of aryl methyl sites for hydroxylation is 1. The standard InChI is InChI=1S/C28H42O/c1-5-7-8-9-10-11-12-16-20-25-23(17-6-2)21-22-26(29)27(25)28(3,4)24-18-14-13-15-19-24/h13-15,18-19,21-22,29H,5-12,16-17,20H2,1-4H3. The molecule has 0 saturated heterocycles. The van der Waals surface area contributed by atoms with Crippen LogP contribution in [-0.4, -0.2) is 5.11 Å². The first-order chi connectivity index (χ1) is 14.0. The SMILES string of the molecule is CCCCCCCCCCc1c(CCC)ccc(O)c1C(C)(C)c1ccccc1. The molecule has 0 spiro atoms. The summed E-state index contributed by atoms with van der Waals surface area (Å²) in [7, 11) is 0. The van der Waals surface area contributed by atoms with Crippen LogP contribution >= 0.6 is 0 Å². The zero-order valence-electron chi connectivity index (χ0n) is 19.3. The van der Waals surface area contributed by atoms with Gasteiger partial charge in [-0.15, -0.1) is 0 Å². The van der Waals surface area contributed by atoms with Crippen LogP contribution in [0.5, 0.6) is 5.75 Å². The molecule has 0 saturated carbocycles. The van der Waals surface area contributed by atoms with Crippen molar-refractivity contribution in [3.63, 3.8) is 0 Å². The third-order valence-electron chi connectivity index (χ3n) is 6.31. The lowest BCUT2D eigenvalue weighted by molar-refractivity contribution is 0.449. The summed E-state index contributed by atoms with van der Waals surface area (Å²) in [5, 5.41) is 10.9. The van der Waals surface area contributed by atoms with Gasteiger partial charge in [0.15, 0.2) is 0 Å². The lowest BCUT2D eigenvalue weighted by Gasteiger charge is -2.31. The molecule has 0 heterocycles. The van der Waals surface area contributed by atoms with Gasteiger partial charge in [0.2, 0.25) is 0 Å². The largest absolute Gasteiger partial charge is 0.508 e. The highest BCUT2D eigenvalue weighted by Gasteiger charge is 2.29. The maximum Gasteiger partial charge on any atom is 0.119 e. The number of unbranched alkanes of at least 4 members (excludes halogenated alkanes) is 7. The fourth-order valence-electron chi connectivity index (χ4n) is 4.60. The minimum absolute atomic E-state index is 0.204. The molecule has 0 aliphatic rings. The molecule has 0 bridgehead atoms. The number of aromatic hydroxyl groups is 1. The Bertz CT molecular complexity index is 715. The first-order valence-electron chi connectivity index (χ1n) is 11.9. The van der Waals surface area contributed by atoms with Crippen LogP contribution < -0.4 is 0 Å². The summed E-state index contributed by atoms with van der Waals surface area (Å²) < 4.78 is 0. The van der Waals surface area contributed by atoms with Crippen LogP contribution in [0.4, 0.5) is 0 Å². The van der Waals surface area contributed by atoms with E-state index < -0.39 is 0 Å². The summed E-state index contributed by atoms with van der Waals surface area (Å²) in [4.78, 5) is 0. The van der Waals surface area contributed by atoms with Crippen LogP contribution in [0.1, 0.15) is 108 Å². The molecule has 0 amide bonds. The van der Waals surface area contributed by atoms with Crippen molar-refractivity contribution >= 4 is 0 Å². The Balaban J connectivity index is 2.17. The molecule has 2 aromatic rings. The number of hydrogen-bond donors (Lipinski definition) is 1. The van der Waals surface area contributed by atoms with Crippen molar-refractivity contribution in [2.45, 2.75) is 104 Å². The lowest BCUT2D eigenvalue weighted by atomic mass is 9.73. The molecular formula is C28H42O. The molecule has 2 aromatic carbocycles. The summed E-state index contributed by atoms with van der Waals surface area (Å²) in [6.45, 7) is 9.03. The summed E-state index contributed by atoms with van der Waals surface area (Å²) in [5.41, 5.74) is 5.02. The second-order valence-corrected chi connectivity index (χ2v) is 9.06. The third kappa shape index (κ3) is 6.63. The highest BCUT2D eigenvalue weighted by atomic mass is 16.3. The molecule has 0 radical (unpaired) electrons. The third-order valence-corrected chi connectivity index (χ3v) is 6.31. The number of hydrogen-bond acceptors (Lipinski definition) is 1. The van der Waals surface area contributed by atoms with Gasteiger partial charge in [0.05, 0.1) is 0 Å². The molecule has 1 N–H and O–H groups in total. The fourth-order valence-corrected chi connectivity index (χ4v) is 4.60. The molecule has 0 fully saturated rings. The molecule has 29 heavy (non-hydrogen) atoms. The van der Waals surface area contributed by atoms with Gasteiger partial charge in [-0.05, 0) is 42.0 Å². The van der Waals surface area contributed by atoms with E-state index in [4.69, 9.17) is 0 Å². The Labute approximate surface area is 179 Å². The Kier molecular flexibility index (Phi) is 9.78. The number of benzene rings is 2. The van der Waals surface area contributed by atoms with Gasteiger partial charge in [0.1, 0.15) is 5.75 Å². The van der Waals surface area contributed by atoms with Gasteiger partial charge in [0, 0.05) is 11.0 Å². The molecule has 0 atom stereocenters. The number of phenolic OH excluding ortho intramolecular Hbond substituents is 1. The summed E-state index contributed by atoms with van der Waals surface area (Å²) >= 11 is 0. The van der Waals surface area contributed by atoms with Crippen molar-refractivity contribution in [3.05, 3.63) is 64.7 Å². The van der Waals surface area contributed by atoms with Crippen molar-refractivity contribution in [2.24, 2.45) is 0 Å². The van der Waals surface area contributed by atoms with Crippen molar-refractivity contribution in [2.75, 3.05) is 0 Å². The van der Waals surface area contributed by atoms with Gasteiger partial charge in [-0.2, -0.15) is 0 Å². The first-order valence-corrected chi connectivity index (χ1v) is 11.9. The highest BCUT2D eigenvalue weighted by Crippen LogP contribution is 2.41. The predicted octanol–water partition coefficient (Wildman–Crippen LogP) is 8.35. The van der Waals surface area contributed by atoms with Crippen molar-refractivity contribution in [3.8, 4) is 5.75 Å². The molecule has 160 valence electrons. The molecule has 1 heteroatoms. The second-order valence-electron chi connectivity index (χ2n) is 9.06. The fraction of sp³-hybridized carbons (Fsp3) is 0.571. The minimum Gasteiger partial charge on any atom is -0.508 e. The van der Waals surface area contributed by atoms with Crippen LogP contribution in [0, 0.1) is 0 Å². The predicted molar refractivity (Wildman–Crippen MR) is 127 cm³/mol.